The van der Waals surface area contributed by atoms with E-state index in [1.165, 1.54) is 44.2 Å². The molecule has 0 saturated heterocycles. The standard InChI is InChI=1S/C14H19NO/c1-9-15-13(8-16-9)14-5-10-2-11(6-14)4-12(3-10)7-14/h8,10-12H,2-7H2,1H3. The average Bonchev–Trinajstić information content (AvgIpc) is 2.63. The Morgan fingerprint density at radius 2 is 1.69 bits per heavy atom. The molecular formula is C14H19NO. The first-order chi connectivity index (χ1) is 7.73. The lowest BCUT2D eigenvalue weighted by molar-refractivity contribution is -0.00724. The quantitative estimate of drug-likeness (QED) is 0.720. The normalized spacial score (nSPS) is 45.2. The summed E-state index contributed by atoms with van der Waals surface area (Å²) < 4.78 is 5.44. The van der Waals surface area contributed by atoms with Gasteiger partial charge in [-0.2, -0.15) is 0 Å². The maximum atomic E-state index is 5.44. The fourth-order valence-electron chi connectivity index (χ4n) is 5.03. The molecule has 1 aromatic rings. The van der Waals surface area contributed by atoms with E-state index in [2.05, 4.69) is 4.98 Å². The zero-order chi connectivity index (χ0) is 10.8. The van der Waals surface area contributed by atoms with Gasteiger partial charge in [0, 0.05) is 12.3 Å². The molecule has 4 fully saturated rings. The lowest BCUT2D eigenvalue weighted by Crippen LogP contribution is -2.48. The van der Waals surface area contributed by atoms with E-state index in [1.54, 1.807) is 0 Å². The van der Waals surface area contributed by atoms with Gasteiger partial charge in [0.15, 0.2) is 5.89 Å². The highest BCUT2D eigenvalue weighted by Gasteiger charge is 2.52. The molecule has 16 heavy (non-hydrogen) atoms. The molecule has 5 rings (SSSR count). The molecule has 86 valence electrons. The van der Waals surface area contributed by atoms with E-state index < -0.39 is 0 Å². The van der Waals surface area contributed by atoms with Crippen molar-refractivity contribution in [3.05, 3.63) is 17.8 Å². The average molecular weight is 217 g/mol. The van der Waals surface area contributed by atoms with Crippen LogP contribution in [0, 0.1) is 24.7 Å². The van der Waals surface area contributed by atoms with Crippen LogP contribution < -0.4 is 0 Å². The van der Waals surface area contributed by atoms with E-state index in [0.29, 0.717) is 5.41 Å². The first kappa shape index (κ1) is 9.26. The van der Waals surface area contributed by atoms with Crippen LogP contribution in [0.5, 0.6) is 0 Å². The third-order valence-electron chi connectivity index (χ3n) is 5.20. The van der Waals surface area contributed by atoms with Crippen LogP contribution in [0.1, 0.15) is 50.1 Å². The smallest absolute Gasteiger partial charge is 0.191 e. The topological polar surface area (TPSA) is 26.0 Å². The number of rotatable bonds is 1. The molecule has 0 spiro atoms. The van der Waals surface area contributed by atoms with Crippen molar-refractivity contribution in [3.63, 3.8) is 0 Å². The maximum Gasteiger partial charge on any atom is 0.191 e. The van der Waals surface area contributed by atoms with E-state index in [9.17, 15) is 0 Å². The van der Waals surface area contributed by atoms with Gasteiger partial charge in [0.25, 0.3) is 0 Å². The van der Waals surface area contributed by atoms with Gasteiger partial charge in [-0.3, -0.25) is 0 Å². The predicted molar refractivity (Wildman–Crippen MR) is 61.1 cm³/mol. The lowest BCUT2D eigenvalue weighted by Gasteiger charge is -2.56. The number of nitrogens with zero attached hydrogens (tertiary/aromatic N) is 1. The maximum absolute atomic E-state index is 5.44. The van der Waals surface area contributed by atoms with Crippen LogP contribution >= 0.6 is 0 Å². The molecule has 0 aromatic carbocycles. The van der Waals surface area contributed by atoms with Crippen LogP contribution in [0.2, 0.25) is 0 Å². The van der Waals surface area contributed by atoms with Gasteiger partial charge < -0.3 is 4.42 Å². The molecule has 1 heterocycles. The first-order valence-electron chi connectivity index (χ1n) is 6.66. The minimum atomic E-state index is 0.409. The van der Waals surface area contributed by atoms with Gasteiger partial charge in [-0.1, -0.05) is 0 Å². The van der Waals surface area contributed by atoms with Gasteiger partial charge in [0.2, 0.25) is 0 Å². The van der Waals surface area contributed by atoms with Crippen molar-refractivity contribution < 1.29 is 4.42 Å². The van der Waals surface area contributed by atoms with Crippen molar-refractivity contribution in [3.8, 4) is 0 Å². The molecule has 0 aliphatic heterocycles. The third-order valence-corrected chi connectivity index (χ3v) is 5.20. The van der Waals surface area contributed by atoms with Gasteiger partial charge in [-0.15, -0.1) is 0 Å². The molecule has 0 atom stereocenters. The summed E-state index contributed by atoms with van der Waals surface area (Å²) >= 11 is 0. The summed E-state index contributed by atoms with van der Waals surface area (Å²) in [6, 6.07) is 0. The molecule has 0 N–H and O–H groups in total. The second-order valence-electron chi connectivity index (χ2n) is 6.45. The molecule has 4 aliphatic rings. The molecule has 4 bridgehead atoms. The Bertz CT molecular complexity index is 385. The third kappa shape index (κ3) is 1.16. The Morgan fingerprint density at radius 1 is 1.12 bits per heavy atom. The molecular weight excluding hydrogens is 198 g/mol. The Hall–Kier alpha value is -0.790. The Balaban J connectivity index is 1.76. The molecule has 2 nitrogen and oxygen atoms in total. The van der Waals surface area contributed by atoms with Crippen molar-refractivity contribution in [1.82, 2.24) is 4.98 Å². The van der Waals surface area contributed by atoms with E-state index >= 15 is 0 Å². The highest BCUT2D eigenvalue weighted by atomic mass is 16.3. The first-order valence-corrected chi connectivity index (χ1v) is 6.66. The predicted octanol–water partition coefficient (Wildman–Crippen LogP) is 3.45. The van der Waals surface area contributed by atoms with Crippen LogP contribution in [0.4, 0.5) is 0 Å². The summed E-state index contributed by atoms with van der Waals surface area (Å²) in [6.45, 7) is 1.96. The summed E-state index contributed by atoms with van der Waals surface area (Å²) in [4.78, 5) is 4.63. The molecule has 4 aliphatic carbocycles. The number of hydrogen-bond acceptors (Lipinski definition) is 2. The zero-order valence-electron chi connectivity index (χ0n) is 9.91. The molecule has 2 heteroatoms. The van der Waals surface area contributed by atoms with E-state index in [0.717, 1.165) is 23.6 Å². The van der Waals surface area contributed by atoms with Crippen LogP contribution in [0.3, 0.4) is 0 Å². The number of hydrogen-bond donors (Lipinski definition) is 0. The summed E-state index contributed by atoms with van der Waals surface area (Å²) in [7, 11) is 0. The Labute approximate surface area is 96.4 Å². The van der Waals surface area contributed by atoms with Gasteiger partial charge in [-0.05, 0) is 56.3 Å². The summed E-state index contributed by atoms with van der Waals surface area (Å²) in [6.07, 6.45) is 10.6. The second kappa shape index (κ2) is 2.91. The highest BCUT2D eigenvalue weighted by molar-refractivity contribution is 5.20. The van der Waals surface area contributed by atoms with E-state index in [4.69, 9.17) is 4.42 Å². The molecule has 0 unspecified atom stereocenters. The zero-order valence-corrected chi connectivity index (χ0v) is 9.91. The van der Waals surface area contributed by atoms with E-state index in [-0.39, 0.29) is 0 Å². The Morgan fingerprint density at radius 3 is 2.12 bits per heavy atom. The SMILES string of the molecule is Cc1nc(C23CC4CC(CC(C4)C2)C3)co1. The van der Waals surface area contributed by atoms with Gasteiger partial charge in [-0.25, -0.2) is 4.98 Å². The lowest BCUT2D eigenvalue weighted by atomic mass is 9.49. The summed E-state index contributed by atoms with van der Waals surface area (Å²) in [5.74, 6) is 3.81. The van der Waals surface area contributed by atoms with Gasteiger partial charge >= 0.3 is 0 Å². The Kier molecular flexibility index (Phi) is 1.68. The number of aromatic nitrogens is 1. The fourth-order valence-corrected chi connectivity index (χ4v) is 5.03. The van der Waals surface area contributed by atoms with Crippen molar-refractivity contribution >= 4 is 0 Å². The van der Waals surface area contributed by atoms with Crippen LogP contribution in [-0.2, 0) is 5.41 Å². The van der Waals surface area contributed by atoms with Crippen molar-refractivity contribution in [2.24, 2.45) is 17.8 Å². The van der Waals surface area contributed by atoms with Gasteiger partial charge in [0.1, 0.15) is 6.26 Å². The monoisotopic (exact) mass is 217 g/mol. The molecule has 1 aromatic heterocycles. The van der Waals surface area contributed by atoms with Crippen LogP contribution in [0.25, 0.3) is 0 Å². The minimum absolute atomic E-state index is 0.409. The fraction of sp³-hybridized carbons (Fsp3) is 0.786. The van der Waals surface area contributed by atoms with Crippen LogP contribution in [0.15, 0.2) is 10.7 Å². The molecule has 4 saturated carbocycles. The molecule has 0 amide bonds. The largest absolute Gasteiger partial charge is 0.449 e. The second-order valence-corrected chi connectivity index (χ2v) is 6.45. The van der Waals surface area contributed by atoms with Crippen molar-refractivity contribution in [1.29, 1.82) is 0 Å². The summed E-state index contributed by atoms with van der Waals surface area (Å²) in [5, 5.41) is 0. The van der Waals surface area contributed by atoms with Crippen molar-refractivity contribution in [2.75, 3.05) is 0 Å². The molecule has 0 radical (unpaired) electrons. The summed E-state index contributed by atoms with van der Waals surface area (Å²) in [5.41, 5.74) is 1.68. The van der Waals surface area contributed by atoms with Gasteiger partial charge in [0.05, 0.1) is 5.69 Å². The van der Waals surface area contributed by atoms with E-state index in [1.807, 2.05) is 13.2 Å². The number of oxazole rings is 1. The highest BCUT2D eigenvalue weighted by Crippen LogP contribution is 2.60. The van der Waals surface area contributed by atoms with Crippen molar-refractivity contribution in [2.45, 2.75) is 50.9 Å². The minimum Gasteiger partial charge on any atom is -0.449 e. The number of aryl methyl sites for hydroxylation is 1. The van der Waals surface area contributed by atoms with Crippen LogP contribution in [-0.4, -0.2) is 4.98 Å².